The Kier molecular flexibility index (Phi) is 6.69. The lowest BCUT2D eigenvalue weighted by Gasteiger charge is -2.26. The lowest BCUT2D eigenvalue weighted by atomic mass is 10.1. The van der Waals surface area contributed by atoms with Gasteiger partial charge in [-0.3, -0.25) is 14.5 Å². The van der Waals surface area contributed by atoms with E-state index >= 15 is 0 Å². The Morgan fingerprint density at radius 2 is 1.96 bits per heavy atom. The molecule has 0 bridgehead atoms. The number of anilines is 1. The molecule has 9 heteroatoms. The molecule has 0 aliphatic carbocycles. The van der Waals surface area contributed by atoms with Crippen LogP contribution in [0, 0.1) is 0 Å². The molecule has 1 N–H and O–H groups in total. The van der Waals surface area contributed by atoms with Gasteiger partial charge in [-0.25, -0.2) is 4.39 Å². The van der Waals surface area contributed by atoms with E-state index in [1.54, 1.807) is 12.1 Å². The number of likely N-dealkylation sites (tertiary alicyclic amines) is 1. The quantitative estimate of drug-likeness (QED) is 0.779. The van der Waals surface area contributed by atoms with Crippen molar-refractivity contribution in [2.24, 2.45) is 0 Å². The van der Waals surface area contributed by atoms with Gasteiger partial charge in [-0.15, -0.1) is 0 Å². The normalized spacial score (nSPS) is 20.1. The molecule has 0 radical (unpaired) electrons. The van der Waals surface area contributed by atoms with Gasteiger partial charge in [0.25, 0.3) is 5.91 Å². The van der Waals surface area contributed by atoms with E-state index in [1.807, 2.05) is 4.90 Å². The summed E-state index contributed by atoms with van der Waals surface area (Å²) in [4.78, 5) is 28.7. The zero-order valence-electron chi connectivity index (χ0n) is 16.2. The second-order valence-electron chi connectivity index (χ2n) is 6.83. The first-order valence-electron chi connectivity index (χ1n) is 9.31. The number of amides is 2. The molecule has 2 heterocycles. The summed E-state index contributed by atoms with van der Waals surface area (Å²) in [5, 5.41) is 2.81. The number of hydrogen-bond acceptors (Lipinski definition) is 6. The zero-order valence-corrected chi connectivity index (χ0v) is 16.2. The molecule has 0 saturated carbocycles. The highest BCUT2D eigenvalue weighted by Gasteiger charge is 2.28. The van der Waals surface area contributed by atoms with Crippen LogP contribution in [0.3, 0.4) is 0 Å². The van der Waals surface area contributed by atoms with E-state index in [0.29, 0.717) is 62.0 Å². The van der Waals surface area contributed by atoms with Crippen molar-refractivity contribution in [3.8, 4) is 11.5 Å². The summed E-state index contributed by atoms with van der Waals surface area (Å²) in [5.74, 6) is 0.131. The summed E-state index contributed by atoms with van der Waals surface area (Å²) in [6.45, 7) is 3.22. The van der Waals surface area contributed by atoms with E-state index in [2.05, 4.69) is 5.32 Å². The topological polar surface area (TPSA) is 80.3 Å². The van der Waals surface area contributed by atoms with Crippen molar-refractivity contribution in [2.75, 3.05) is 65.5 Å². The summed E-state index contributed by atoms with van der Waals surface area (Å²) in [5.41, 5.74) is 0.660. The molecule has 8 nitrogen and oxygen atoms in total. The number of carbonyl (C=O) groups excluding carboxylic acids is 2. The van der Waals surface area contributed by atoms with Crippen molar-refractivity contribution in [1.82, 2.24) is 9.80 Å². The fourth-order valence-electron chi connectivity index (χ4n) is 3.42. The number of benzene rings is 1. The van der Waals surface area contributed by atoms with Gasteiger partial charge in [0.05, 0.1) is 46.2 Å². The van der Waals surface area contributed by atoms with Crippen molar-refractivity contribution in [3.63, 3.8) is 0 Å². The van der Waals surface area contributed by atoms with Crippen molar-refractivity contribution < 1.29 is 28.2 Å². The SMILES string of the molecule is COc1cc(C(=O)N2CC[C@@H](F)C2)cc(NC(=O)CN2CCOCC2)c1OC. The molecule has 28 heavy (non-hydrogen) atoms. The van der Waals surface area contributed by atoms with Crippen LogP contribution in [-0.4, -0.2) is 87.9 Å². The van der Waals surface area contributed by atoms with Gasteiger partial charge in [0.2, 0.25) is 5.91 Å². The highest BCUT2D eigenvalue weighted by molar-refractivity contribution is 6.00. The number of halogens is 1. The molecule has 2 saturated heterocycles. The van der Waals surface area contributed by atoms with Gasteiger partial charge < -0.3 is 24.4 Å². The Labute approximate surface area is 163 Å². The Hall–Kier alpha value is -2.39. The van der Waals surface area contributed by atoms with E-state index < -0.39 is 6.17 Å². The second kappa shape index (κ2) is 9.20. The molecule has 2 aliphatic rings. The number of methoxy groups -OCH3 is 2. The van der Waals surface area contributed by atoms with Gasteiger partial charge in [-0.2, -0.15) is 0 Å². The van der Waals surface area contributed by atoms with Crippen LogP contribution < -0.4 is 14.8 Å². The highest BCUT2D eigenvalue weighted by Crippen LogP contribution is 2.37. The maximum absolute atomic E-state index is 13.5. The first-order valence-corrected chi connectivity index (χ1v) is 9.31. The molecule has 154 valence electrons. The molecule has 3 rings (SSSR count). The highest BCUT2D eigenvalue weighted by atomic mass is 19.1. The Morgan fingerprint density at radius 1 is 1.21 bits per heavy atom. The third-order valence-electron chi connectivity index (χ3n) is 4.89. The van der Waals surface area contributed by atoms with Crippen LogP contribution in [0.4, 0.5) is 10.1 Å². The van der Waals surface area contributed by atoms with E-state index in [4.69, 9.17) is 14.2 Å². The van der Waals surface area contributed by atoms with E-state index in [-0.39, 0.29) is 24.9 Å². The van der Waals surface area contributed by atoms with Crippen LogP contribution in [0.15, 0.2) is 12.1 Å². The molecule has 0 spiro atoms. The average molecular weight is 395 g/mol. The fraction of sp³-hybridized carbons (Fsp3) is 0.579. The number of hydrogen-bond donors (Lipinski definition) is 1. The maximum Gasteiger partial charge on any atom is 0.254 e. The molecule has 1 aromatic carbocycles. The Balaban J connectivity index is 1.79. The van der Waals surface area contributed by atoms with E-state index in [9.17, 15) is 14.0 Å². The van der Waals surface area contributed by atoms with Crippen molar-refractivity contribution in [2.45, 2.75) is 12.6 Å². The van der Waals surface area contributed by atoms with Gasteiger partial charge in [0.15, 0.2) is 11.5 Å². The number of ether oxygens (including phenoxy) is 3. The Morgan fingerprint density at radius 3 is 2.57 bits per heavy atom. The summed E-state index contributed by atoms with van der Waals surface area (Å²) in [6.07, 6.45) is -0.667. The minimum absolute atomic E-state index is 0.0753. The molecule has 0 aromatic heterocycles. The minimum atomic E-state index is -1.00. The predicted octanol–water partition coefficient (Wildman–Crippen LogP) is 1.16. The molecule has 2 aliphatic heterocycles. The number of rotatable bonds is 6. The van der Waals surface area contributed by atoms with E-state index in [1.165, 1.54) is 19.1 Å². The molecular weight excluding hydrogens is 369 g/mol. The Bertz CT molecular complexity index is 724. The molecular formula is C19H26FN3O5. The number of morpholine rings is 1. The summed E-state index contributed by atoms with van der Waals surface area (Å²) < 4.78 is 29.5. The lowest BCUT2D eigenvalue weighted by Crippen LogP contribution is -2.41. The average Bonchev–Trinajstić information content (AvgIpc) is 3.13. The summed E-state index contributed by atoms with van der Waals surface area (Å²) in [6, 6.07) is 3.09. The molecule has 1 atom stereocenters. The van der Waals surface area contributed by atoms with Gasteiger partial charge in [-0.1, -0.05) is 0 Å². The largest absolute Gasteiger partial charge is 0.493 e. The van der Waals surface area contributed by atoms with Crippen LogP contribution in [0.2, 0.25) is 0 Å². The monoisotopic (exact) mass is 395 g/mol. The summed E-state index contributed by atoms with van der Waals surface area (Å²) in [7, 11) is 2.92. The number of alkyl halides is 1. The van der Waals surface area contributed by atoms with E-state index in [0.717, 1.165) is 0 Å². The van der Waals surface area contributed by atoms with Crippen LogP contribution >= 0.6 is 0 Å². The molecule has 2 amide bonds. The van der Waals surface area contributed by atoms with Crippen molar-refractivity contribution in [1.29, 1.82) is 0 Å². The molecule has 0 unspecified atom stereocenters. The van der Waals surface area contributed by atoms with Crippen LogP contribution in [0.5, 0.6) is 11.5 Å². The summed E-state index contributed by atoms with van der Waals surface area (Å²) >= 11 is 0. The first-order chi connectivity index (χ1) is 13.5. The standard InChI is InChI=1S/C19H26FN3O5/c1-26-16-10-13(19(25)23-4-3-14(20)11-23)9-15(18(16)27-2)21-17(24)12-22-5-7-28-8-6-22/h9-10,14H,3-8,11-12H2,1-2H3,(H,21,24)/t14-/m1/s1. The van der Waals surface area contributed by atoms with Gasteiger partial charge in [-0.05, 0) is 18.6 Å². The maximum atomic E-state index is 13.5. The predicted molar refractivity (Wildman–Crippen MR) is 101 cm³/mol. The van der Waals surface area contributed by atoms with Crippen LogP contribution in [0.1, 0.15) is 16.8 Å². The second-order valence-corrected chi connectivity index (χ2v) is 6.83. The van der Waals surface area contributed by atoms with Gasteiger partial charge in [0, 0.05) is 25.2 Å². The van der Waals surface area contributed by atoms with Crippen molar-refractivity contribution in [3.05, 3.63) is 17.7 Å². The van der Waals surface area contributed by atoms with Gasteiger partial charge >= 0.3 is 0 Å². The molecule has 1 aromatic rings. The smallest absolute Gasteiger partial charge is 0.254 e. The number of nitrogens with one attached hydrogen (secondary N) is 1. The van der Waals surface area contributed by atoms with Gasteiger partial charge in [0.1, 0.15) is 6.17 Å². The first kappa shape index (κ1) is 20.3. The zero-order chi connectivity index (χ0) is 20.1. The van der Waals surface area contributed by atoms with Crippen LogP contribution in [0.25, 0.3) is 0 Å². The molecule has 2 fully saturated rings. The minimum Gasteiger partial charge on any atom is -0.493 e. The third-order valence-corrected chi connectivity index (χ3v) is 4.89. The lowest BCUT2D eigenvalue weighted by molar-refractivity contribution is -0.118. The fourth-order valence-corrected chi connectivity index (χ4v) is 3.42. The van der Waals surface area contributed by atoms with Crippen LogP contribution in [-0.2, 0) is 9.53 Å². The van der Waals surface area contributed by atoms with Crippen molar-refractivity contribution >= 4 is 17.5 Å². The number of nitrogens with zero attached hydrogens (tertiary/aromatic N) is 2. The third kappa shape index (κ3) is 4.71. The number of carbonyl (C=O) groups is 2.